The molecule has 0 amide bonds. The van der Waals surface area contributed by atoms with Gasteiger partial charge in [-0.15, -0.1) is 0 Å². The zero-order chi connectivity index (χ0) is 13.0. The molecule has 0 bridgehead atoms. The molecule has 0 unspecified atom stereocenters. The first kappa shape index (κ1) is 12.3. The van der Waals surface area contributed by atoms with Crippen molar-refractivity contribution >= 4 is 18.0 Å². The zero-order valence-electron chi connectivity index (χ0n) is 10.9. The van der Waals surface area contributed by atoms with Gasteiger partial charge in [-0.1, -0.05) is 60.2 Å². The monoisotopic (exact) mass is 235 g/mol. The van der Waals surface area contributed by atoms with Crippen molar-refractivity contribution in [3.05, 3.63) is 71.3 Å². The highest BCUT2D eigenvalue weighted by molar-refractivity contribution is 5.90. The Kier molecular flexibility index (Phi) is 3.73. The second-order valence-electron chi connectivity index (χ2n) is 4.36. The zero-order valence-corrected chi connectivity index (χ0v) is 10.9. The van der Waals surface area contributed by atoms with E-state index in [0.29, 0.717) is 0 Å². The number of rotatable bonds is 3. The summed E-state index contributed by atoms with van der Waals surface area (Å²) >= 11 is 0. The van der Waals surface area contributed by atoms with Crippen LogP contribution in [-0.2, 0) is 0 Å². The van der Waals surface area contributed by atoms with Crippen molar-refractivity contribution in [3.8, 4) is 0 Å². The normalized spacial score (nSPS) is 11.9. The molecule has 2 aromatic carbocycles. The van der Waals surface area contributed by atoms with Gasteiger partial charge in [0.1, 0.15) is 0 Å². The Labute approximate surface area is 109 Å². The number of hydrogen-bond acceptors (Lipinski definition) is 1. The van der Waals surface area contributed by atoms with Crippen LogP contribution in [0.3, 0.4) is 0 Å². The standard InChI is InChI=1S/C17H17N/c1-13-9-11-16(12-10-13)17(18-3)14(2)15-7-5-4-6-8-15/h4-12H,3H2,1-2H3/b17-14+. The first-order valence-electron chi connectivity index (χ1n) is 6.02. The summed E-state index contributed by atoms with van der Waals surface area (Å²) < 4.78 is 0. The minimum atomic E-state index is 0.946. The van der Waals surface area contributed by atoms with Crippen LogP contribution in [0.2, 0.25) is 0 Å². The lowest BCUT2D eigenvalue weighted by molar-refractivity contribution is 1.42. The van der Waals surface area contributed by atoms with E-state index in [1.54, 1.807) is 0 Å². The lowest BCUT2D eigenvalue weighted by Gasteiger charge is -2.08. The van der Waals surface area contributed by atoms with E-state index < -0.39 is 0 Å². The molecule has 0 heterocycles. The van der Waals surface area contributed by atoms with E-state index in [4.69, 9.17) is 0 Å². The molecule has 0 aliphatic heterocycles. The molecule has 0 aliphatic rings. The molecule has 0 atom stereocenters. The van der Waals surface area contributed by atoms with Gasteiger partial charge in [-0.2, -0.15) is 0 Å². The molecular weight excluding hydrogens is 218 g/mol. The molecule has 0 spiro atoms. The smallest absolute Gasteiger partial charge is 0.0729 e. The minimum absolute atomic E-state index is 0.946. The molecule has 0 fully saturated rings. The molecule has 0 saturated carbocycles. The molecule has 1 heteroatoms. The highest BCUT2D eigenvalue weighted by atomic mass is 14.7. The van der Waals surface area contributed by atoms with E-state index in [1.165, 1.54) is 11.1 Å². The van der Waals surface area contributed by atoms with Crippen LogP contribution in [-0.4, -0.2) is 6.72 Å². The average molecular weight is 235 g/mol. The summed E-state index contributed by atoms with van der Waals surface area (Å²) in [7, 11) is 0. The van der Waals surface area contributed by atoms with Crippen molar-refractivity contribution in [1.29, 1.82) is 0 Å². The van der Waals surface area contributed by atoms with Crippen LogP contribution in [0.25, 0.3) is 11.3 Å². The lowest BCUT2D eigenvalue weighted by Crippen LogP contribution is -1.87. The van der Waals surface area contributed by atoms with E-state index in [2.05, 4.69) is 62.0 Å². The first-order chi connectivity index (χ1) is 8.72. The molecule has 2 rings (SSSR count). The van der Waals surface area contributed by atoms with Crippen LogP contribution in [0.1, 0.15) is 23.6 Å². The molecular formula is C17H17N. The van der Waals surface area contributed by atoms with Crippen molar-refractivity contribution in [3.63, 3.8) is 0 Å². The molecule has 0 radical (unpaired) electrons. The van der Waals surface area contributed by atoms with Gasteiger partial charge in [0.05, 0.1) is 5.70 Å². The van der Waals surface area contributed by atoms with Crippen LogP contribution >= 0.6 is 0 Å². The van der Waals surface area contributed by atoms with Gasteiger partial charge in [-0.25, -0.2) is 0 Å². The maximum Gasteiger partial charge on any atom is 0.0729 e. The fourth-order valence-corrected chi connectivity index (χ4v) is 1.96. The van der Waals surface area contributed by atoms with Gasteiger partial charge in [0.15, 0.2) is 0 Å². The first-order valence-corrected chi connectivity index (χ1v) is 6.02. The number of allylic oxidation sites excluding steroid dienone is 1. The van der Waals surface area contributed by atoms with E-state index in [9.17, 15) is 0 Å². The van der Waals surface area contributed by atoms with Crippen molar-refractivity contribution in [1.82, 2.24) is 0 Å². The summed E-state index contributed by atoms with van der Waals surface area (Å²) in [6.07, 6.45) is 0. The Morgan fingerprint density at radius 3 is 2.06 bits per heavy atom. The van der Waals surface area contributed by atoms with Gasteiger partial charge in [-0.3, -0.25) is 4.99 Å². The van der Waals surface area contributed by atoms with Gasteiger partial charge in [0, 0.05) is 5.56 Å². The van der Waals surface area contributed by atoms with Gasteiger partial charge >= 0.3 is 0 Å². The van der Waals surface area contributed by atoms with E-state index in [1.807, 2.05) is 18.2 Å². The van der Waals surface area contributed by atoms with Gasteiger partial charge in [0.25, 0.3) is 0 Å². The largest absolute Gasteiger partial charge is 0.264 e. The highest BCUT2D eigenvalue weighted by Crippen LogP contribution is 2.26. The fourth-order valence-electron chi connectivity index (χ4n) is 1.96. The Hall–Kier alpha value is -2.15. The predicted molar refractivity (Wildman–Crippen MR) is 79.7 cm³/mol. The van der Waals surface area contributed by atoms with Crippen LogP contribution < -0.4 is 0 Å². The van der Waals surface area contributed by atoms with Gasteiger partial charge < -0.3 is 0 Å². The van der Waals surface area contributed by atoms with Crippen LogP contribution in [0.5, 0.6) is 0 Å². The highest BCUT2D eigenvalue weighted by Gasteiger charge is 2.05. The maximum absolute atomic E-state index is 4.19. The molecule has 90 valence electrons. The summed E-state index contributed by atoms with van der Waals surface area (Å²) in [5, 5.41) is 0. The average Bonchev–Trinajstić information content (AvgIpc) is 2.42. The number of hydrogen-bond donors (Lipinski definition) is 0. The van der Waals surface area contributed by atoms with Crippen molar-refractivity contribution in [2.24, 2.45) is 4.99 Å². The number of aryl methyl sites for hydroxylation is 1. The van der Waals surface area contributed by atoms with Crippen LogP contribution in [0.4, 0.5) is 0 Å². The predicted octanol–water partition coefficient (Wildman–Crippen LogP) is 4.58. The summed E-state index contributed by atoms with van der Waals surface area (Å²) in [6.45, 7) is 7.86. The Bertz CT molecular complexity index is 562. The second-order valence-corrected chi connectivity index (χ2v) is 4.36. The van der Waals surface area contributed by atoms with Crippen molar-refractivity contribution in [2.75, 3.05) is 0 Å². The quantitative estimate of drug-likeness (QED) is 0.545. The molecule has 1 nitrogen and oxygen atoms in total. The number of aliphatic imine (C=N–C) groups is 1. The summed E-state index contributed by atoms with van der Waals surface area (Å²) in [4.78, 5) is 4.19. The van der Waals surface area contributed by atoms with Gasteiger partial charge in [0.2, 0.25) is 0 Å². The maximum atomic E-state index is 4.19. The summed E-state index contributed by atoms with van der Waals surface area (Å²) in [6, 6.07) is 18.6. The van der Waals surface area contributed by atoms with E-state index in [-0.39, 0.29) is 0 Å². The molecule has 0 aliphatic carbocycles. The molecule has 0 N–H and O–H groups in total. The van der Waals surface area contributed by atoms with E-state index >= 15 is 0 Å². The van der Waals surface area contributed by atoms with Crippen molar-refractivity contribution < 1.29 is 0 Å². The van der Waals surface area contributed by atoms with Crippen molar-refractivity contribution in [2.45, 2.75) is 13.8 Å². The third kappa shape index (κ3) is 2.57. The number of benzene rings is 2. The van der Waals surface area contributed by atoms with Gasteiger partial charge in [-0.05, 0) is 31.7 Å². The molecule has 18 heavy (non-hydrogen) atoms. The fraction of sp³-hybridized carbons (Fsp3) is 0.118. The topological polar surface area (TPSA) is 12.4 Å². The molecule has 0 aromatic heterocycles. The summed E-state index contributed by atoms with van der Waals surface area (Å²) in [5.41, 5.74) is 5.63. The van der Waals surface area contributed by atoms with Crippen LogP contribution in [0.15, 0.2) is 59.6 Å². The Morgan fingerprint density at radius 2 is 1.50 bits per heavy atom. The van der Waals surface area contributed by atoms with E-state index in [0.717, 1.165) is 16.8 Å². The Morgan fingerprint density at radius 1 is 0.889 bits per heavy atom. The third-order valence-electron chi connectivity index (χ3n) is 3.05. The third-order valence-corrected chi connectivity index (χ3v) is 3.05. The summed E-state index contributed by atoms with van der Waals surface area (Å²) in [5.74, 6) is 0. The lowest BCUT2D eigenvalue weighted by atomic mass is 10.0. The minimum Gasteiger partial charge on any atom is -0.264 e. The molecule has 0 saturated heterocycles. The molecule has 2 aromatic rings. The second kappa shape index (κ2) is 5.46. The Balaban J connectivity index is 2.50. The number of nitrogens with zero attached hydrogens (tertiary/aromatic N) is 1. The van der Waals surface area contributed by atoms with Crippen LogP contribution in [0, 0.1) is 6.92 Å². The SMILES string of the molecule is C=N/C(=C(\C)c1ccccc1)c1ccc(C)cc1.